The van der Waals surface area contributed by atoms with Crippen LogP contribution in [0.1, 0.15) is 32.6 Å². The molecule has 0 aromatic heterocycles. The van der Waals surface area contributed by atoms with E-state index in [-0.39, 0.29) is 18.0 Å². The molecule has 3 N–H and O–H groups in total. The van der Waals surface area contributed by atoms with Gasteiger partial charge in [0.1, 0.15) is 5.75 Å². The van der Waals surface area contributed by atoms with Gasteiger partial charge in [-0.25, -0.2) is 4.79 Å². The molecule has 0 spiro atoms. The Morgan fingerprint density at radius 2 is 1.96 bits per heavy atom. The van der Waals surface area contributed by atoms with Crippen LogP contribution >= 0.6 is 11.8 Å². The third-order valence-electron chi connectivity index (χ3n) is 4.62. The van der Waals surface area contributed by atoms with Crippen LogP contribution in [0.5, 0.6) is 5.75 Å². The number of hydrogen-bond donors (Lipinski definition) is 3. The number of carbonyl (C=O) groups is 2. The molecule has 1 unspecified atom stereocenters. The van der Waals surface area contributed by atoms with Gasteiger partial charge in [-0.3, -0.25) is 4.79 Å². The third-order valence-corrected chi connectivity index (χ3v) is 6.00. The number of ether oxygens (including phenoxy) is 1. The van der Waals surface area contributed by atoms with E-state index in [1.54, 1.807) is 18.9 Å². The zero-order chi connectivity index (χ0) is 18.9. The highest BCUT2D eigenvalue weighted by molar-refractivity contribution is 7.99. The van der Waals surface area contributed by atoms with E-state index in [1.807, 2.05) is 24.3 Å². The lowest BCUT2D eigenvalue weighted by Gasteiger charge is -2.27. The molecule has 1 aromatic rings. The normalized spacial score (nSPS) is 20.8. The number of thioether (sulfide) groups is 1. The second kappa shape index (κ2) is 10.3. The lowest BCUT2D eigenvalue weighted by atomic mass is 9.86. The summed E-state index contributed by atoms with van der Waals surface area (Å²) >= 11 is 1.72. The lowest BCUT2D eigenvalue weighted by Crippen LogP contribution is -2.45. The molecular formula is C19H28N2O4S. The highest BCUT2D eigenvalue weighted by Gasteiger charge is 2.26. The van der Waals surface area contributed by atoms with E-state index in [2.05, 4.69) is 17.6 Å². The van der Waals surface area contributed by atoms with E-state index in [0.29, 0.717) is 25.3 Å². The minimum absolute atomic E-state index is 0.0730. The number of carboxylic acid groups (broad SMARTS) is 1. The van der Waals surface area contributed by atoms with Gasteiger partial charge in [-0.1, -0.05) is 19.1 Å². The lowest BCUT2D eigenvalue weighted by molar-refractivity contribution is -0.142. The maximum absolute atomic E-state index is 12.0. The fourth-order valence-electron chi connectivity index (χ4n) is 3.02. The molecule has 0 bridgehead atoms. The summed E-state index contributed by atoms with van der Waals surface area (Å²) in [5, 5.41) is 14.9. The van der Waals surface area contributed by atoms with E-state index in [1.165, 1.54) is 0 Å². The SMILES string of the molecule is COc1ccccc1SCC(C)CNC(=O)NC1CCC(C(=O)O)CC1. The largest absolute Gasteiger partial charge is 0.496 e. The summed E-state index contributed by atoms with van der Waals surface area (Å²) in [5.41, 5.74) is 0. The first-order valence-electron chi connectivity index (χ1n) is 9.02. The van der Waals surface area contributed by atoms with Gasteiger partial charge in [0.25, 0.3) is 0 Å². The highest BCUT2D eigenvalue weighted by atomic mass is 32.2. The van der Waals surface area contributed by atoms with Crippen LogP contribution in [-0.2, 0) is 4.79 Å². The Morgan fingerprint density at radius 1 is 1.27 bits per heavy atom. The zero-order valence-corrected chi connectivity index (χ0v) is 16.2. The summed E-state index contributed by atoms with van der Waals surface area (Å²) in [5.74, 6) is 1.08. The third kappa shape index (κ3) is 6.44. The number of amides is 2. The second-order valence-electron chi connectivity index (χ2n) is 6.81. The van der Waals surface area contributed by atoms with Crippen molar-refractivity contribution in [3.8, 4) is 5.75 Å². The number of carboxylic acids is 1. The van der Waals surface area contributed by atoms with Gasteiger partial charge in [0.2, 0.25) is 0 Å². The Morgan fingerprint density at radius 3 is 2.62 bits per heavy atom. The summed E-state index contributed by atoms with van der Waals surface area (Å²) < 4.78 is 5.35. The molecule has 2 rings (SSSR count). The molecule has 0 saturated heterocycles. The van der Waals surface area contributed by atoms with Crippen LogP contribution in [0.3, 0.4) is 0 Å². The monoisotopic (exact) mass is 380 g/mol. The molecule has 1 saturated carbocycles. The molecule has 144 valence electrons. The van der Waals surface area contributed by atoms with Gasteiger partial charge in [0.05, 0.1) is 13.0 Å². The van der Waals surface area contributed by atoms with E-state index in [4.69, 9.17) is 9.84 Å². The molecule has 0 aliphatic heterocycles. The van der Waals surface area contributed by atoms with Crippen molar-refractivity contribution < 1.29 is 19.4 Å². The number of aliphatic carboxylic acids is 1. The van der Waals surface area contributed by atoms with E-state index in [0.717, 1.165) is 29.2 Å². The Balaban J connectivity index is 1.65. The quantitative estimate of drug-likeness (QED) is 0.602. The van der Waals surface area contributed by atoms with Crippen LogP contribution in [0.4, 0.5) is 4.79 Å². The molecule has 0 radical (unpaired) electrons. The van der Waals surface area contributed by atoms with Gasteiger partial charge in [-0.2, -0.15) is 0 Å². The molecule has 0 heterocycles. The van der Waals surface area contributed by atoms with Crippen molar-refractivity contribution in [3.05, 3.63) is 24.3 Å². The molecule has 1 fully saturated rings. The Hall–Kier alpha value is -1.89. The number of urea groups is 1. The van der Waals surface area contributed by atoms with Crippen LogP contribution in [0, 0.1) is 11.8 Å². The Labute approximate surface area is 159 Å². The second-order valence-corrected chi connectivity index (χ2v) is 7.87. The first kappa shape index (κ1) is 20.4. The van der Waals surface area contributed by atoms with Gasteiger partial charge >= 0.3 is 12.0 Å². The molecule has 1 atom stereocenters. The first-order valence-corrected chi connectivity index (χ1v) is 10.0. The topological polar surface area (TPSA) is 87.7 Å². The van der Waals surface area contributed by atoms with Crippen molar-refractivity contribution in [3.63, 3.8) is 0 Å². The molecule has 1 aliphatic carbocycles. The first-order chi connectivity index (χ1) is 12.5. The van der Waals surface area contributed by atoms with Gasteiger partial charge in [-0.15, -0.1) is 11.8 Å². The number of methoxy groups -OCH3 is 1. The number of nitrogens with one attached hydrogen (secondary N) is 2. The number of carbonyl (C=O) groups excluding carboxylic acids is 1. The predicted molar refractivity (Wildman–Crippen MR) is 103 cm³/mol. The van der Waals surface area contributed by atoms with Gasteiger partial charge in [0, 0.05) is 23.2 Å². The summed E-state index contributed by atoms with van der Waals surface area (Å²) in [6, 6.07) is 7.81. The predicted octanol–water partition coefficient (Wildman–Crippen LogP) is 3.37. The Kier molecular flexibility index (Phi) is 8.09. The van der Waals surface area contributed by atoms with E-state index < -0.39 is 5.97 Å². The fourth-order valence-corrected chi connectivity index (χ4v) is 4.07. The van der Waals surface area contributed by atoms with E-state index >= 15 is 0 Å². The highest BCUT2D eigenvalue weighted by Crippen LogP contribution is 2.30. The summed E-state index contributed by atoms with van der Waals surface area (Å²) in [7, 11) is 1.67. The molecule has 2 amide bonds. The minimum Gasteiger partial charge on any atom is -0.496 e. The van der Waals surface area contributed by atoms with Crippen molar-refractivity contribution in [2.45, 2.75) is 43.5 Å². The molecule has 26 heavy (non-hydrogen) atoms. The Bertz CT molecular complexity index is 603. The molecule has 1 aliphatic rings. The molecular weight excluding hydrogens is 352 g/mol. The smallest absolute Gasteiger partial charge is 0.315 e. The summed E-state index contributed by atoms with van der Waals surface area (Å²) in [6.45, 7) is 2.69. The summed E-state index contributed by atoms with van der Waals surface area (Å²) in [4.78, 5) is 24.1. The van der Waals surface area contributed by atoms with Crippen molar-refractivity contribution in [1.82, 2.24) is 10.6 Å². The zero-order valence-electron chi connectivity index (χ0n) is 15.4. The van der Waals surface area contributed by atoms with Crippen LogP contribution < -0.4 is 15.4 Å². The van der Waals surface area contributed by atoms with Crippen LogP contribution in [0.2, 0.25) is 0 Å². The van der Waals surface area contributed by atoms with Gasteiger partial charge in [-0.05, 0) is 43.7 Å². The van der Waals surface area contributed by atoms with Gasteiger partial charge in [0.15, 0.2) is 0 Å². The van der Waals surface area contributed by atoms with Crippen molar-refractivity contribution >= 4 is 23.8 Å². The average Bonchev–Trinajstić information content (AvgIpc) is 2.65. The number of rotatable bonds is 8. The maximum atomic E-state index is 12.0. The number of hydrogen-bond acceptors (Lipinski definition) is 4. The van der Waals surface area contributed by atoms with Crippen molar-refractivity contribution in [1.29, 1.82) is 0 Å². The average molecular weight is 381 g/mol. The standard InChI is InChI=1S/C19H28N2O4S/c1-13(12-26-17-6-4-3-5-16(17)25-2)11-20-19(24)21-15-9-7-14(8-10-15)18(22)23/h3-6,13-15H,7-12H2,1-2H3,(H,22,23)(H2,20,21,24). The fraction of sp³-hybridized carbons (Fsp3) is 0.579. The van der Waals surface area contributed by atoms with Crippen LogP contribution in [0.25, 0.3) is 0 Å². The maximum Gasteiger partial charge on any atom is 0.315 e. The van der Waals surface area contributed by atoms with Crippen LogP contribution in [-0.4, -0.2) is 42.6 Å². The molecule has 7 heteroatoms. The molecule has 1 aromatic carbocycles. The number of benzene rings is 1. The van der Waals surface area contributed by atoms with Gasteiger partial charge < -0.3 is 20.5 Å². The summed E-state index contributed by atoms with van der Waals surface area (Å²) in [6.07, 6.45) is 2.71. The minimum atomic E-state index is -0.728. The van der Waals surface area contributed by atoms with Crippen molar-refractivity contribution in [2.24, 2.45) is 11.8 Å². The number of para-hydroxylation sites is 1. The molecule has 6 nitrogen and oxygen atoms in total. The van der Waals surface area contributed by atoms with Crippen molar-refractivity contribution in [2.75, 3.05) is 19.4 Å². The van der Waals surface area contributed by atoms with E-state index in [9.17, 15) is 9.59 Å². The van der Waals surface area contributed by atoms with Crippen LogP contribution in [0.15, 0.2) is 29.2 Å².